The van der Waals surface area contributed by atoms with Crippen molar-refractivity contribution >= 4 is 22.8 Å². The largest absolute Gasteiger partial charge is 0.440 e. The average molecular weight is 336 g/mol. The smallest absolute Gasteiger partial charge is 0.279 e. The lowest BCUT2D eigenvalue weighted by molar-refractivity contribution is 0.102. The molecule has 0 bridgehead atoms. The van der Waals surface area contributed by atoms with Gasteiger partial charge >= 0.3 is 0 Å². The number of nitrogens with one attached hydrogen (secondary N) is 2. The van der Waals surface area contributed by atoms with Crippen molar-refractivity contribution in [2.24, 2.45) is 7.05 Å². The molecule has 1 amide bonds. The summed E-state index contributed by atoms with van der Waals surface area (Å²) in [6, 6.07) is 9.41. The Morgan fingerprint density at radius 2 is 2.00 bits per heavy atom. The third kappa shape index (κ3) is 2.47. The van der Waals surface area contributed by atoms with Gasteiger partial charge in [-0.3, -0.25) is 9.89 Å². The minimum Gasteiger partial charge on any atom is -0.440 e. The number of oxazole rings is 1. The van der Waals surface area contributed by atoms with Crippen molar-refractivity contribution in [1.29, 1.82) is 0 Å². The Kier molecular flexibility index (Phi) is 3.38. The van der Waals surface area contributed by atoms with Crippen LogP contribution in [0.25, 0.3) is 22.4 Å². The quantitative estimate of drug-likeness (QED) is 0.599. The lowest BCUT2D eigenvalue weighted by atomic mass is 10.1. The molecule has 4 aromatic rings. The van der Waals surface area contributed by atoms with Crippen LogP contribution >= 0.6 is 0 Å². The predicted molar refractivity (Wildman–Crippen MR) is 92.2 cm³/mol. The van der Waals surface area contributed by atoms with Crippen LogP contribution in [-0.4, -0.2) is 30.9 Å². The van der Waals surface area contributed by atoms with Gasteiger partial charge in [0.25, 0.3) is 5.91 Å². The number of rotatable bonds is 3. The van der Waals surface area contributed by atoms with Gasteiger partial charge in [0.05, 0.1) is 11.1 Å². The zero-order chi connectivity index (χ0) is 17.6. The zero-order valence-electron chi connectivity index (χ0n) is 14.0. The number of hydrogen-bond donors (Lipinski definition) is 2. The summed E-state index contributed by atoms with van der Waals surface area (Å²) in [7, 11) is 1.80. The maximum Gasteiger partial charge on any atom is 0.279 e. The zero-order valence-corrected chi connectivity index (χ0v) is 14.0. The summed E-state index contributed by atoms with van der Waals surface area (Å²) >= 11 is 0. The number of aryl methyl sites for hydroxylation is 3. The van der Waals surface area contributed by atoms with E-state index in [2.05, 4.69) is 25.6 Å². The van der Waals surface area contributed by atoms with Crippen LogP contribution in [0.3, 0.4) is 0 Å². The Hall–Kier alpha value is -3.42. The van der Waals surface area contributed by atoms with Gasteiger partial charge in [-0.25, -0.2) is 9.67 Å². The molecule has 0 fully saturated rings. The van der Waals surface area contributed by atoms with Crippen molar-refractivity contribution in [2.75, 3.05) is 5.32 Å². The van der Waals surface area contributed by atoms with E-state index in [-0.39, 0.29) is 11.6 Å². The minimum absolute atomic E-state index is 0.230. The van der Waals surface area contributed by atoms with E-state index in [1.165, 1.54) is 0 Å². The summed E-state index contributed by atoms with van der Waals surface area (Å²) in [6.07, 6.45) is 0. The molecule has 0 unspecified atom stereocenters. The SMILES string of the molecule is Cc1nc(C(=O)Nc2[nH]nc3c2c(C)nn3C)c(-c2ccccc2)o1. The summed E-state index contributed by atoms with van der Waals surface area (Å²) in [5, 5.41) is 14.9. The Labute approximate surface area is 142 Å². The summed E-state index contributed by atoms with van der Waals surface area (Å²) in [5.74, 6) is 0.986. The molecule has 0 saturated carbocycles. The first-order valence-corrected chi connectivity index (χ1v) is 7.76. The second kappa shape index (κ2) is 5.59. The Balaban J connectivity index is 1.72. The highest BCUT2D eigenvalue weighted by Crippen LogP contribution is 2.27. The number of anilines is 1. The van der Waals surface area contributed by atoms with Crippen LogP contribution in [0.2, 0.25) is 0 Å². The highest BCUT2D eigenvalue weighted by Gasteiger charge is 2.22. The maximum absolute atomic E-state index is 12.8. The molecule has 0 aliphatic carbocycles. The number of fused-ring (bicyclic) bond motifs is 1. The molecule has 25 heavy (non-hydrogen) atoms. The number of hydrogen-bond acceptors (Lipinski definition) is 5. The Morgan fingerprint density at radius 1 is 1.24 bits per heavy atom. The van der Waals surface area contributed by atoms with Crippen molar-refractivity contribution in [2.45, 2.75) is 13.8 Å². The van der Waals surface area contributed by atoms with Crippen molar-refractivity contribution in [1.82, 2.24) is 25.0 Å². The molecular weight excluding hydrogens is 320 g/mol. The van der Waals surface area contributed by atoms with Crippen molar-refractivity contribution in [3.63, 3.8) is 0 Å². The fraction of sp³-hybridized carbons (Fsp3) is 0.176. The predicted octanol–water partition coefficient (Wildman–Crippen LogP) is 2.82. The monoisotopic (exact) mass is 336 g/mol. The van der Waals surface area contributed by atoms with Crippen LogP contribution in [0.5, 0.6) is 0 Å². The molecule has 8 heteroatoms. The molecule has 0 spiro atoms. The van der Waals surface area contributed by atoms with Crippen molar-refractivity contribution in [3.05, 3.63) is 47.6 Å². The van der Waals surface area contributed by atoms with E-state index < -0.39 is 0 Å². The maximum atomic E-state index is 12.8. The van der Waals surface area contributed by atoms with Gasteiger partial charge in [0.1, 0.15) is 5.82 Å². The first kappa shape index (κ1) is 15.1. The molecule has 0 aliphatic heterocycles. The van der Waals surface area contributed by atoms with Gasteiger partial charge in [-0.05, 0) is 6.92 Å². The van der Waals surface area contributed by atoms with Gasteiger partial charge in [-0.2, -0.15) is 10.2 Å². The van der Waals surface area contributed by atoms with E-state index in [1.54, 1.807) is 18.7 Å². The summed E-state index contributed by atoms with van der Waals surface area (Å²) < 4.78 is 7.30. The van der Waals surface area contributed by atoms with Gasteiger partial charge in [-0.1, -0.05) is 30.3 Å². The van der Waals surface area contributed by atoms with Gasteiger partial charge in [0, 0.05) is 19.5 Å². The van der Waals surface area contributed by atoms with E-state index >= 15 is 0 Å². The van der Waals surface area contributed by atoms with E-state index in [0.717, 1.165) is 16.6 Å². The third-order valence-electron chi connectivity index (χ3n) is 3.94. The van der Waals surface area contributed by atoms with Gasteiger partial charge in [-0.15, -0.1) is 0 Å². The highest BCUT2D eigenvalue weighted by atomic mass is 16.4. The van der Waals surface area contributed by atoms with Gasteiger partial charge in [0.2, 0.25) is 0 Å². The van der Waals surface area contributed by atoms with Crippen LogP contribution < -0.4 is 5.32 Å². The Bertz CT molecular complexity index is 1070. The molecule has 3 aromatic heterocycles. The number of aromatic nitrogens is 5. The summed E-state index contributed by atoms with van der Waals surface area (Å²) in [6.45, 7) is 3.58. The molecule has 0 aliphatic rings. The second-order valence-corrected chi connectivity index (χ2v) is 5.74. The standard InChI is InChI=1S/C17H16N6O2/c1-9-12-15(20-21-16(12)23(3)22-9)19-17(24)13-14(25-10(2)18-13)11-7-5-4-6-8-11/h4-8H,1-3H3,(H2,19,20,21,24). The number of benzene rings is 1. The van der Waals surface area contributed by atoms with E-state index in [4.69, 9.17) is 4.42 Å². The molecule has 0 saturated heterocycles. The number of H-pyrrole nitrogens is 1. The third-order valence-corrected chi connectivity index (χ3v) is 3.94. The molecule has 4 rings (SSSR count). The van der Waals surface area contributed by atoms with Gasteiger partial charge in [0.15, 0.2) is 23.0 Å². The second-order valence-electron chi connectivity index (χ2n) is 5.74. The van der Waals surface area contributed by atoms with Crippen LogP contribution in [0.15, 0.2) is 34.7 Å². The average Bonchev–Trinajstić information content (AvgIpc) is 3.26. The number of carbonyl (C=O) groups is 1. The van der Waals surface area contributed by atoms with Crippen LogP contribution in [0.4, 0.5) is 5.82 Å². The lowest BCUT2D eigenvalue weighted by Gasteiger charge is -2.02. The summed E-state index contributed by atoms with van der Waals surface area (Å²) in [4.78, 5) is 17.0. The van der Waals surface area contributed by atoms with Crippen molar-refractivity contribution < 1.29 is 9.21 Å². The highest BCUT2D eigenvalue weighted by molar-refractivity contribution is 6.09. The fourth-order valence-corrected chi connectivity index (χ4v) is 2.86. The minimum atomic E-state index is -0.371. The molecular formula is C17H16N6O2. The summed E-state index contributed by atoms with van der Waals surface area (Å²) in [5.41, 5.74) is 2.47. The van der Waals surface area contributed by atoms with E-state index in [1.807, 2.05) is 37.3 Å². The number of amides is 1. The van der Waals surface area contributed by atoms with Crippen LogP contribution in [-0.2, 0) is 7.05 Å². The molecule has 1 aromatic carbocycles. The molecule has 0 atom stereocenters. The fourth-order valence-electron chi connectivity index (χ4n) is 2.86. The number of carbonyl (C=O) groups excluding carboxylic acids is 1. The number of nitrogens with zero attached hydrogens (tertiary/aromatic N) is 4. The molecule has 3 heterocycles. The van der Waals surface area contributed by atoms with E-state index in [9.17, 15) is 4.79 Å². The Morgan fingerprint density at radius 3 is 2.76 bits per heavy atom. The molecule has 0 radical (unpaired) electrons. The normalized spacial score (nSPS) is 11.2. The van der Waals surface area contributed by atoms with Gasteiger partial charge < -0.3 is 9.73 Å². The first-order chi connectivity index (χ1) is 12.0. The molecule has 2 N–H and O–H groups in total. The topological polar surface area (TPSA) is 102 Å². The first-order valence-electron chi connectivity index (χ1n) is 7.76. The molecule has 126 valence electrons. The lowest BCUT2D eigenvalue weighted by Crippen LogP contribution is -2.14. The number of aromatic amines is 1. The molecule has 8 nitrogen and oxygen atoms in total. The van der Waals surface area contributed by atoms with E-state index in [0.29, 0.717) is 23.1 Å². The van der Waals surface area contributed by atoms with Crippen LogP contribution in [0, 0.1) is 13.8 Å². The van der Waals surface area contributed by atoms with Crippen LogP contribution in [0.1, 0.15) is 22.1 Å². The van der Waals surface area contributed by atoms with Crippen molar-refractivity contribution in [3.8, 4) is 11.3 Å².